The number of esters is 1. The molecule has 116 valence electrons. The van der Waals surface area contributed by atoms with Crippen molar-refractivity contribution < 1.29 is 9.53 Å². The molecule has 0 spiro atoms. The number of hydrogen-bond acceptors (Lipinski definition) is 4. The van der Waals surface area contributed by atoms with Gasteiger partial charge in [-0.2, -0.15) is 5.10 Å². The fraction of sp³-hybridized carbons (Fsp3) is 0.267. The number of nitrogens with zero attached hydrogens (tertiary/aromatic N) is 2. The van der Waals surface area contributed by atoms with Crippen molar-refractivity contribution in [1.29, 1.82) is 0 Å². The molecule has 0 radical (unpaired) electrons. The van der Waals surface area contributed by atoms with Gasteiger partial charge in [0.25, 0.3) is 0 Å². The third-order valence-electron chi connectivity index (χ3n) is 2.86. The zero-order chi connectivity index (χ0) is 15.9. The highest BCUT2D eigenvalue weighted by Gasteiger charge is 2.06. The number of nitrogens with one attached hydrogen (secondary N) is 2. The predicted octanol–water partition coefficient (Wildman–Crippen LogP) is 2.89. The van der Waals surface area contributed by atoms with Crippen LogP contribution in [-0.2, 0) is 11.3 Å². The van der Waals surface area contributed by atoms with E-state index in [9.17, 15) is 4.79 Å². The number of benzene rings is 1. The Morgan fingerprint density at radius 1 is 1.23 bits per heavy atom. The summed E-state index contributed by atoms with van der Waals surface area (Å²) in [5.74, 6) is 0.349. The molecular formula is C15H18N4O2S. The predicted molar refractivity (Wildman–Crippen MR) is 90.1 cm³/mol. The molecule has 0 aliphatic heterocycles. The number of anilines is 2. The van der Waals surface area contributed by atoms with Gasteiger partial charge in [0.05, 0.1) is 12.2 Å². The summed E-state index contributed by atoms with van der Waals surface area (Å²) in [6.45, 7) is 4.95. The van der Waals surface area contributed by atoms with E-state index < -0.39 is 0 Å². The number of aromatic nitrogens is 2. The molecule has 1 aromatic heterocycles. The fourth-order valence-corrected chi connectivity index (χ4v) is 2.01. The number of ether oxygens (including phenoxy) is 1. The maximum Gasteiger partial charge on any atom is 0.338 e. The summed E-state index contributed by atoms with van der Waals surface area (Å²) >= 11 is 5.23. The first kappa shape index (κ1) is 16.0. The maximum absolute atomic E-state index is 11.6. The van der Waals surface area contributed by atoms with E-state index in [1.807, 2.05) is 19.2 Å². The monoisotopic (exact) mass is 318 g/mol. The van der Waals surface area contributed by atoms with Crippen molar-refractivity contribution in [2.45, 2.75) is 20.4 Å². The summed E-state index contributed by atoms with van der Waals surface area (Å²) < 4.78 is 6.74. The van der Waals surface area contributed by atoms with Gasteiger partial charge in [0.15, 0.2) is 10.9 Å². The quantitative estimate of drug-likeness (QED) is 0.653. The SMILES string of the molecule is CCOC(=O)c1ccc(NC(=S)Nc2ccn(CC)n2)cc1. The standard InChI is InChI=1S/C15H18N4O2S/c1-3-19-10-9-13(18-19)17-15(22)16-12-7-5-11(6-8-12)14(20)21-4-2/h5-10H,3-4H2,1-2H3,(H2,16,17,18,22). The van der Waals surface area contributed by atoms with Gasteiger partial charge in [-0.15, -0.1) is 0 Å². The van der Waals surface area contributed by atoms with E-state index in [1.165, 1.54) is 0 Å². The molecule has 0 saturated heterocycles. The van der Waals surface area contributed by atoms with Crippen LogP contribution in [0.4, 0.5) is 11.5 Å². The van der Waals surface area contributed by atoms with Gasteiger partial charge in [-0.25, -0.2) is 4.79 Å². The number of hydrogen-bond donors (Lipinski definition) is 2. The molecule has 2 rings (SSSR count). The summed E-state index contributed by atoms with van der Waals surface area (Å²) in [6.07, 6.45) is 1.87. The molecule has 0 atom stereocenters. The Morgan fingerprint density at radius 3 is 2.55 bits per heavy atom. The van der Waals surface area contributed by atoms with Crippen molar-refractivity contribution in [2.24, 2.45) is 0 Å². The van der Waals surface area contributed by atoms with Crippen LogP contribution in [0.5, 0.6) is 0 Å². The minimum atomic E-state index is -0.333. The van der Waals surface area contributed by atoms with Crippen molar-refractivity contribution in [1.82, 2.24) is 9.78 Å². The molecule has 0 amide bonds. The van der Waals surface area contributed by atoms with Crippen LogP contribution in [0, 0.1) is 0 Å². The lowest BCUT2D eigenvalue weighted by Crippen LogP contribution is -2.19. The van der Waals surface area contributed by atoms with Crippen molar-refractivity contribution in [3.05, 3.63) is 42.1 Å². The van der Waals surface area contributed by atoms with Crippen LogP contribution in [0.1, 0.15) is 24.2 Å². The second kappa shape index (κ2) is 7.56. The average molecular weight is 318 g/mol. The first-order valence-corrected chi connectivity index (χ1v) is 7.41. The molecule has 6 nitrogen and oxygen atoms in total. The second-order valence-corrected chi connectivity index (χ2v) is 4.84. The van der Waals surface area contributed by atoms with Gasteiger partial charge >= 0.3 is 5.97 Å². The Labute approximate surface area is 134 Å². The molecule has 0 aliphatic rings. The Bertz CT molecular complexity index is 652. The van der Waals surface area contributed by atoms with Crippen LogP contribution in [0.2, 0.25) is 0 Å². The molecule has 0 bridgehead atoms. The van der Waals surface area contributed by atoms with E-state index in [0.29, 0.717) is 23.1 Å². The molecule has 0 aliphatic carbocycles. The first-order chi connectivity index (χ1) is 10.6. The van der Waals surface area contributed by atoms with Gasteiger partial charge in [0.1, 0.15) is 0 Å². The molecular weight excluding hydrogens is 300 g/mol. The molecule has 1 aromatic carbocycles. The lowest BCUT2D eigenvalue weighted by atomic mass is 10.2. The molecule has 1 heterocycles. The topological polar surface area (TPSA) is 68.2 Å². The number of carbonyl (C=O) groups excluding carboxylic acids is 1. The largest absolute Gasteiger partial charge is 0.462 e. The first-order valence-electron chi connectivity index (χ1n) is 7.01. The van der Waals surface area contributed by atoms with Gasteiger partial charge in [-0.1, -0.05) is 0 Å². The maximum atomic E-state index is 11.6. The third kappa shape index (κ3) is 4.29. The van der Waals surface area contributed by atoms with Crippen LogP contribution < -0.4 is 10.6 Å². The van der Waals surface area contributed by atoms with E-state index in [4.69, 9.17) is 17.0 Å². The number of rotatable bonds is 5. The molecule has 0 saturated carbocycles. The Morgan fingerprint density at radius 2 is 1.95 bits per heavy atom. The van der Waals surface area contributed by atoms with Gasteiger partial charge in [-0.05, 0) is 50.3 Å². The minimum Gasteiger partial charge on any atom is -0.462 e. The van der Waals surface area contributed by atoms with Crippen LogP contribution in [0.25, 0.3) is 0 Å². The summed E-state index contributed by atoms with van der Waals surface area (Å²) in [4.78, 5) is 11.6. The number of carbonyl (C=O) groups is 1. The Hall–Kier alpha value is -2.41. The van der Waals surface area contributed by atoms with Crippen molar-refractivity contribution in [3.8, 4) is 0 Å². The Balaban J connectivity index is 1.92. The van der Waals surface area contributed by atoms with E-state index >= 15 is 0 Å². The number of thiocarbonyl (C=S) groups is 1. The normalized spacial score (nSPS) is 10.1. The number of aryl methyl sites for hydroxylation is 1. The van der Waals surface area contributed by atoms with E-state index in [-0.39, 0.29) is 5.97 Å². The molecule has 22 heavy (non-hydrogen) atoms. The van der Waals surface area contributed by atoms with Gasteiger partial charge in [0.2, 0.25) is 0 Å². The van der Waals surface area contributed by atoms with E-state index in [2.05, 4.69) is 15.7 Å². The average Bonchev–Trinajstić information content (AvgIpc) is 2.95. The van der Waals surface area contributed by atoms with Crippen molar-refractivity contribution in [2.75, 3.05) is 17.2 Å². The van der Waals surface area contributed by atoms with Gasteiger partial charge in [-0.3, -0.25) is 4.68 Å². The van der Waals surface area contributed by atoms with Crippen molar-refractivity contribution in [3.63, 3.8) is 0 Å². The van der Waals surface area contributed by atoms with Crippen LogP contribution in [-0.4, -0.2) is 27.5 Å². The fourth-order valence-electron chi connectivity index (χ4n) is 1.79. The van der Waals surface area contributed by atoms with Crippen LogP contribution in [0.3, 0.4) is 0 Å². The van der Waals surface area contributed by atoms with E-state index in [1.54, 1.807) is 35.9 Å². The highest BCUT2D eigenvalue weighted by molar-refractivity contribution is 7.80. The molecule has 2 N–H and O–H groups in total. The summed E-state index contributed by atoms with van der Waals surface area (Å²) in [5, 5.41) is 10.8. The summed E-state index contributed by atoms with van der Waals surface area (Å²) in [7, 11) is 0. The smallest absolute Gasteiger partial charge is 0.338 e. The van der Waals surface area contributed by atoms with Crippen molar-refractivity contribution >= 4 is 34.8 Å². The molecule has 0 unspecified atom stereocenters. The van der Waals surface area contributed by atoms with Gasteiger partial charge < -0.3 is 15.4 Å². The second-order valence-electron chi connectivity index (χ2n) is 4.43. The minimum absolute atomic E-state index is 0.333. The van der Waals surface area contributed by atoms with Gasteiger partial charge in [0, 0.05) is 24.5 Å². The lowest BCUT2D eigenvalue weighted by Gasteiger charge is -2.09. The molecule has 7 heteroatoms. The van der Waals surface area contributed by atoms with E-state index in [0.717, 1.165) is 12.2 Å². The third-order valence-corrected chi connectivity index (χ3v) is 3.06. The summed E-state index contributed by atoms with van der Waals surface area (Å²) in [6, 6.07) is 8.76. The highest BCUT2D eigenvalue weighted by Crippen LogP contribution is 2.11. The lowest BCUT2D eigenvalue weighted by molar-refractivity contribution is 0.0526. The van der Waals surface area contributed by atoms with Crippen LogP contribution >= 0.6 is 12.2 Å². The van der Waals surface area contributed by atoms with Crippen LogP contribution in [0.15, 0.2) is 36.5 Å². The Kier molecular flexibility index (Phi) is 5.48. The molecule has 2 aromatic rings. The summed E-state index contributed by atoms with van der Waals surface area (Å²) in [5.41, 5.74) is 1.29. The highest BCUT2D eigenvalue weighted by atomic mass is 32.1. The molecule has 0 fully saturated rings. The zero-order valence-electron chi connectivity index (χ0n) is 12.5. The zero-order valence-corrected chi connectivity index (χ0v) is 13.3.